The number of ether oxygens (including phenoxy) is 3. The first-order valence-corrected chi connectivity index (χ1v) is 11.4. The van der Waals surface area contributed by atoms with E-state index in [0.29, 0.717) is 53.4 Å². The monoisotopic (exact) mass is 478 g/mol. The van der Waals surface area contributed by atoms with Crippen LogP contribution in [-0.2, 0) is 9.47 Å². The van der Waals surface area contributed by atoms with Gasteiger partial charge in [0, 0.05) is 42.3 Å². The third-order valence-electron chi connectivity index (χ3n) is 6.49. The number of hydrogen-bond acceptors (Lipinski definition) is 7. The van der Waals surface area contributed by atoms with Crippen LogP contribution < -0.4 is 4.74 Å². The number of halogens is 1. The number of aromatic amines is 1. The molecule has 2 atom stereocenters. The third kappa shape index (κ3) is 3.94. The molecule has 2 bridgehead atoms. The molecule has 2 aromatic heterocycles. The Morgan fingerprint density at radius 3 is 2.83 bits per heavy atom. The Labute approximate surface area is 199 Å². The van der Waals surface area contributed by atoms with Crippen LogP contribution in [-0.4, -0.2) is 71.8 Å². The number of likely N-dealkylation sites (tertiary alicyclic amines) is 1. The van der Waals surface area contributed by atoms with E-state index in [4.69, 9.17) is 18.7 Å². The number of H-pyrrole nitrogens is 1. The molecule has 0 radical (unpaired) electrons. The summed E-state index contributed by atoms with van der Waals surface area (Å²) in [4.78, 5) is 14.8. The largest absolute Gasteiger partial charge is 0.488 e. The molecule has 35 heavy (non-hydrogen) atoms. The SMILES string of the molecule is COCCOc1cc2[nH]nc(-c3cc(-c4ccc(C(=O)N5CC6CC5CO6)cc4)no3)c2cc1F. The van der Waals surface area contributed by atoms with Crippen molar-refractivity contribution >= 4 is 16.8 Å². The minimum atomic E-state index is -0.506. The van der Waals surface area contributed by atoms with Crippen molar-refractivity contribution in [3.8, 4) is 28.5 Å². The second-order valence-corrected chi connectivity index (χ2v) is 8.70. The Morgan fingerprint density at radius 1 is 1.23 bits per heavy atom. The van der Waals surface area contributed by atoms with E-state index in [0.717, 1.165) is 12.0 Å². The first kappa shape index (κ1) is 21.8. The van der Waals surface area contributed by atoms with Gasteiger partial charge in [-0.25, -0.2) is 4.39 Å². The van der Waals surface area contributed by atoms with Gasteiger partial charge in [-0.3, -0.25) is 9.89 Å². The number of nitrogens with zero attached hydrogens (tertiary/aromatic N) is 3. The van der Waals surface area contributed by atoms with Gasteiger partial charge in [0.25, 0.3) is 5.91 Å². The molecule has 10 heteroatoms. The second-order valence-electron chi connectivity index (χ2n) is 8.70. The van der Waals surface area contributed by atoms with Crippen molar-refractivity contribution in [3.05, 3.63) is 53.8 Å². The fraction of sp³-hybridized carbons (Fsp3) is 0.320. The zero-order valence-corrected chi connectivity index (χ0v) is 19.0. The molecule has 4 aromatic rings. The highest BCUT2D eigenvalue weighted by molar-refractivity contribution is 5.95. The lowest BCUT2D eigenvalue weighted by Crippen LogP contribution is -2.41. The minimum absolute atomic E-state index is 0.0174. The number of carbonyl (C=O) groups excluding carboxylic acids is 1. The zero-order valence-electron chi connectivity index (χ0n) is 19.0. The van der Waals surface area contributed by atoms with Crippen molar-refractivity contribution in [1.29, 1.82) is 0 Å². The number of methoxy groups -OCH3 is 1. The zero-order chi connectivity index (χ0) is 23.9. The van der Waals surface area contributed by atoms with Crippen LogP contribution in [0.5, 0.6) is 5.75 Å². The molecule has 2 aliphatic rings. The maximum atomic E-state index is 14.6. The smallest absolute Gasteiger partial charge is 0.254 e. The van der Waals surface area contributed by atoms with E-state index >= 15 is 0 Å². The molecule has 180 valence electrons. The second kappa shape index (κ2) is 8.79. The third-order valence-corrected chi connectivity index (χ3v) is 6.49. The lowest BCUT2D eigenvalue weighted by atomic mass is 10.1. The van der Waals surface area contributed by atoms with Gasteiger partial charge < -0.3 is 23.6 Å². The highest BCUT2D eigenvalue weighted by atomic mass is 19.1. The first-order valence-electron chi connectivity index (χ1n) is 11.4. The summed E-state index contributed by atoms with van der Waals surface area (Å²) in [5.74, 6) is 0.0247. The Kier molecular flexibility index (Phi) is 5.46. The molecule has 2 aromatic carbocycles. The molecule has 6 rings (SSSR count). The lowest BCUT2D eigenvalue weighted by Gasteiger charge is -2.26. The topological polar surface area (TPSA) is 103 Å². The van der Waals surface area contributed by atoms with E-state index in [-0.39, 0.29) is 30.4 Å². The fourth-order valence-electron chi connectivity index (χ4n) is 4.67. The molecule has 4 heterocycles. The Morgan fingerprint density at radius 2 is 2.09 bits per heavy atom. The number of rotatable bonds is 7. The molecule has 0 saturated carbocycles. The molecule has 0 spiro atoms. The van der Waals surface area contributed by atoms with Crippen molar-refractivity contribution in [2.45, 2.75) is 18.6 Å². The van der Waals surface area contributed by atoms with Gasteiger partial charge in [0.1, 0.15) is 18.0 Å². The number of aromatic nitrogens is 3. The maximum absolute atomic E-state index is 14.6. The van der Waals surface area contributed by atoms with Crippen molar-refractivity contribution in [2.75, 3.05) is 33.5 Å². The van der Waals surface area contributed by atoms with Crippen LogP contribution in [0.3, 0.4) is 0 Å². The maximum Gasteiger partial charge on any atom is 0.254 e. The van der Waals surface area contributed by atoms with E-state index in [1.807, 2.05) is 17.0 Å². The van der Waals surface area contributed by atoms with Crippen LogP contribution in [0, 0.1) is 5.82 Å². The number of morpholine rings is 1. The molecule has 2 aliphatic heterocycles. The van der Waals surface area contributed by atoms with Gasteiger partial charge in [-0.05, 0) is 24.6 Å². The molecule has 1 amide bonds. The van der Waals surface area contributed by atoms with E-state index in [1.54, 1.807) is 31.4 Å². The summed E-state index contributed by atoms with van der Waals surface area (Å²) < 4.78 is 36.0. The van der Waals surface area contributed by atoms with Gasteiger partial charge >= 0.3 is 0 Å². The summed E-state index contributed by atoms with van der Waals surface area (Å²) in [6.45, 7) is 1.86. The number of benzene rings is 2. The first-order chi connectivity index (χ1) is 17.1. The van der Waals surface area contributed by atoms with Gasteiger partial charge in [-0.15, -0.1) is 0 Å². The number of carbonyl (C=O) groups is 1. The summed E-state index contributed by atoms with van der Waals surface area (Å²) in [6.07, 6.45) is 1.08. The van der Waals surface area contributed by atoms with Crippen molar-refractivity contribution in [1.82, 2.24) is 20.3 Å². The quantitative estimate of drug-likeness (QED) is 0.405. The van der Waals surface area contributed by atoms with Crippen LogP contribution in [0.1, 0.15) is 16.8 Å². The molecule has 9 nitrogen and oxygen atoms in total. The Balaban J connectivity index is 1.21. The van der Waals surface area contributed by atoms with Crippen LogP contribution in [0.15, 0.2) is 47.0 Å². The summed E-state index contributed by atoms with van der Waals surface area (Å²) >= 11 is 0. The Bertz CT molecular complexity index is 1380. The highest BCUT2D eigenvalue weighted by Gasteiger charge is 2.41. The average Bonchev–Trinajstić information content (AvgIpc) is 3.68. The number of fused-ring (bicyclic) bond motifs is 3. The normalized spacial score (nSPS) is 19.1. The summed E-state index contributed by atoms with van der Waals surface area (Å²) in [6, 6.07) is 12.1. The van der Waals surface area contributed by atoms with Gasteiger partial charge in [-0.2, -0.15) is 5.10 Å². The average molecular weight is 478 g/mol. The van der Waals surface area contributed by atoms with Gasteiger partial charge in [0.2, 0.25) is 0 Å². The van der Waals surface area contributed by atoms with Crippen LogP contribution in [0.2, 0.25) is 0 Å². The van der Waals surface area contributed by atoms with Crippen LogP contribution in [0.25, 0.3) is 33.6 Å². The number of nitrogens with one attached hydrogen (secondary N) is 1. The fourth-order valence-corrected chi connectivity index (χ4v) is 4.67. The van der Waals surface area contributed by atoms with Crippen molar-refractivity contribution in [3.63, 3.8) is 0 Å². The summed E-state index contributed by atoms with van der Waals surface area (Å²) in [5.41, 5.74) is 3.06. The number of amides is 1. The highest BCUT2D eigenvalue weighted by Crippen LogP contribution is 2.33. The minimum Gasteiger partial charge on any atom is -0.488 e. The van der Waals surface area contributed by atoms with E-state index in [2.05, 4.69) is 15.4 Å². The molecule has 0 aliphatic carbocycles. The summed E-state index contributed by atoms with van der Waals surface area (Å²) in [5, 5.41) is 11.9. The van der Waals surface area contributed by atoms with Crippen molar-refractivity contribution < 1.29 is 27.9 Å². The molecular formula is C25H23FN4O5. The Hall–Kier alpha value is -3.76. The summed E-state index contributed by atoms with van der Waals surface area (Å²) in [7, 11) is 1.55. The van der Waals surface area contributed by atoms with Gasteiger partial charge in [0.05, 0.1) is 30.9 Å². The van der Waals surface area contributed by atoms with Crippen LogP contribution in [0.4, 0.5) is 4.39 Å². The van der Waals surface area contributed by atoms with E-state index in [1.165, 1.54) is 6.07 Å². The molecule has 1 N–H and O–H groups in total. The van der Waals surface area contributed by atoms with Crippen molar-refractivity contribution in [2.24, 2.45) is 0 Å². The van der Waals surface area contributed by atoms with E-state index in [9.17, 15) is 9.18 Å². The van der Waals surface area contributed by atoms with Gasteiger partial charge in [0.15, 0.2) is 17.3 Å². The molecular weight excluding hydrogens is 455 g/mol. The lowest BCUT2D eigenvalue weighted by molar-refractivity contribution is 0.0259. The predicted molar refractivity (Wildman–Crippen MR) is 124 cm³/mol. The molecule has 2 unspecified atom stereocenters. The van der Waals surface area contributed by atoms with Gasteiger partial charge in [-0.1, -0.05) is 17.3 Å². The predicted octanol–water partition coefficient (Wildman–Crippen LogP) is 3.66. The van der Waals surface area contributed by atoms with Crippen LogP contribution >= 0.6 is 0 Å². The molecule has 2 saturated heterocycles. The van der Waals surface area contributed by atoms with E-state index < -0.39 is 5.82 Å². The number of hydrogen-bond donors (Lipinski definition) is 1. The molecule has 2 fully saturated rings. The standard InChI is InChI=1S/C25H23FN4O5/c1-32-6-7-33-22-11-21-18(9-19(22)26)24(28-27-21)23-10-20(29-35-23)14-2-4-15(5-3-14)25(31)30-12-17-8-16(30)13-34-17/h2-5,9-11,16-17H,6-8,12-13H2,1H3,(H,27,28).